The van der Waals surface area contributed by atoms with E-state index in [9.17, 15) is 19.5 Å². The molecule has 0 bridgehead atoms. The molecule has 0 radical (unpaired) electrons. The van der Waals surface area contributed by atoms with Crippen LogP contribution < -0.4 is 0 Å². The summed E-state index contributed by atoms with van der Waals surface area (Å²) in [5.41, 5.74) is 0.00500. The minimum atomic E-state index is -1.20. The molecule has 0 aliphatic heterocycles. The van der Waals surface area contributed by atoms with Gasteiger partial charge in [-0.3, -0.25) is 14.4 Å². The fourth-order valence-electron chi connectivity index (χ4n) is 10.7. The number of ketones is 1. The monoisotopic (exact) mass is 512 g/mol. The van der Waals surface area contributed by atoms with Crippen LogP contribution in [0.15, 0.2) is 11.6 Å². The Labute approximate surface area is 223 Å². The maximum absolute atomic E-state index is 14.4. The van der Waals surface area contributed by atoms with Gasteiger partial charge in [0.25, 0.3) is 0 Å². The van der Waals surface area contributed by atoms with Crippen molar-refractivity contribution in [1.29, 1.82) is 0 Å². The molecule has 0 saturated heterocycles. The van der Waals surface area contributed by atoms with Crippen LogP contribution in [0.2, 0.25) is 0 Å². The van der Waals surface area contributed by atoms with E-state index in [0.29, 0.717) is 18.8 Å². The lowest BCUT2D eigenvalue weighted by atomic mass is 9.33. The molecular formula is C32H48O5. The first kappa shape index (κ1) is 26.9. The summed E-state index contributed by atoms with van der Waals surface area (Å²) in [6.45, 7) is 17.3. The number of hydrogen-bond donors (Lipinski definition) is 1. The average molecular weight is 513 g/mol. The number of esters is 1. The third-order valence-electron chi connectivity index (χ3n) is 13.2. The smallest absolute Gasteiger partial charge is 0.313 e. The highest BCUT2D eigenvalue weighted by Gasteiger charge is 2.72. The van der Waals surface area contributed by atoms with E-state index in [1.165, 1.54) is 31.8 Å². The van der Waals surface area contributed by atoms with Crippen molar-refractivity contribution in [2.75, 3.05) is 0 Å². The van der Waals surface area contributed by atoms with Crippen LogP contribution >= 0.6 is 0 Å². The van der Waals surface area contributed by atoms with Crippen LogP contribution in [0, 0.1) is 50.2 Å². The molecule has 9 atom stereocenters. The fraction of sp³-hybridized carbons (Fsp3) is 0.844. The van der Waals surface area contributed by atoms with Crippen molar-refractivity contribution < 1.29 is 24.2 Å². The van der Waals surface area contributed by atoms with E-state index in [0.717, 1.165) is 25.7 Å². The Morgan fingerprint density at radius 1 is 0.919 bits per heavy atom. The van der Waals surface area contributed by atoms with Gasteiger partial charge in [0.1, 0.15) is 11.5 Å². The van der Waals surface area contributed by atoms with Gasteiger partial charge in [-0.15, -0.1) is 0 Å². The van der Waals surface area contributed by atoms with Crippen LogP contribution in [0.5, 0.6) is 0 Å². The zero-order chi connectivity index (χ0) is 27.4. The van der Waals surface area contributed by atoms with E-state index < -0.39 is 28.9 Å². The molecule has 1 N–H and O–H groups in total. The molecule has 5 rings (SSSR count). The fourth-order valence-corrected chi connectivity index (χ4v) is 10.7. The summed E-state index contributed by atoms with van der Waals surface area (Å²) in [6.07, 6.45) is 10.1. The van der Waals surface area contributed by atoms with Gasteiger partial charge >= 0.3 is 11.9 Å². The van der Waals surface area contributed by atoms with E-state index in [2.05, 4.69) is 47.6 Å². The van der Waals surface area contributed by atoms with Crippen LogP contribution in [0.3, 0.4) is 0 Å². The van der Waals surface area contributed by atoms with Gasteiger partial charge in [-0.2, -0.15) is 0 Å². The molecule has 5 nitrogen and oxygen atoms in total. The third-order valence-corrected chi connectivity index (χ3v) is 13.2. The van der Waals surface area contributed by atoms with Gasteiger partial charge < -0.3 is 9.84 Å². The first-order valence-corrected chi connectivity index (χ1v) is 14.6. The molecule has 0 amide bonds. The largest absolute Gasteiger partial charge is 0.481 e. The number of carbonyl (C=O) groups excluding carboxylic acids is 2. The molecule has 0 heterocycles. The van der Waals surface area contributed by atoms with Gasteiger partial charge in [0.2, 0.25) is 0 Å². The number of allylic oxidation sites excluding steroid dienone is 2. The SMILES string of the molecule is CC(=O)O[C@@H]1CC[C@@]2(C)[C@@H](CC[C@]3(C)[C@@H]2C(=O)C=C2[C@H]4CC(C)(C)CC[C@]4(C)CC[C@]23C)[C@@]1(C)C(=O)O. The molecule has 0 spiro atoms. The summed E-state index contributed by atoms with van der Waals surface area (Å²) < 4.78 is 5.63. The second kappa shape index (κ2) is 7.94. The van der Waals surface area contributed by atoms with Gasteiger partial charge in [-0.05, 0) is 110 Å². The first-order valence-electron chi connectivity index (χ1n) is 14.6. The minimum Gasteiger partial charge on any atom is -0.481 e. The minimum absolute atomic E-state index is 0.0660. The maximum Gasteiger partial charge on any atom is 0.313 e. The van der Waals surface area contributed by atoms with Gasteiger partial charge in [-0.1, -0.05) is 47.1 Å². The molecule has 0 aromatic carbocycles. The molecule has 37 heavy (non-hydrogen) atoms. The summed E-state index contributed by atoms with van der Waals surface area (Å²) in [5, 5.41) is 10.5. The van der Waals surface area contributed by atoms with Crippen molar-refractivity contribution >= 4 is 17.7 Å². The number of carboxylic acids is 1. The zero-order valence-corrected chi connectivity index (χ0v) is 24.3. The Morgan fingerprint density at radius 3 is 2.19 bits per heavy atom. The topological polar surface area (TPSA) is 80.7 Å². The van der Waals surface area contributed by atoms with E-state index in [1.54, 1.807) is 6.92 Å². The Hall–Kier alpha value is -1.65. The summed E-state index contributed by atoms with van der Waals surface area (Å²) >= 11 is 0. The highest BCUT2D eigenvalue weighted by Crippen LogP contribution is 2.75. The second-order valence-corrected chi connectivity index (χ2v) is 15.6. The summed E-state index contributed by atoms with van der Waals surface area (Å²) in [5.74, 6) is -1.14. The predicted molar refractivity (Wildman–Crippen MR) is 143 cm³/mol. The number of aliphatic carboxylic acids is 1. The third kappa shape index (κ3) is 3.43. The average Bonchev–Trinajstić information content (AvgIpc) is 2.78. The van der Waals surface area contributed by atoms with Crippen LogP contribution in [-0.4, -0.2) is 28.9 Å². The molecule has 206 valence electrons. The Morgan fingerprint density at radius 2 is 1.57 bits per heavy atom. The molecule has 5 aliphatic rings. The number of carbonyl (C=O) groups is 3. The van der Waals surface area contributed by atoms with Gasteiger partial charge in [-0.25, -0.2) is 0 Å². The van der Waals surface area contributed by atoms with Crippen LogP contribution in [0.1, 0.15) is 113 Å². The predicted octanol–water partition coefficient (Wildman–Crippen LogP) is 6.98. The van der Waals surface area contributed by atoms with Crippen molar-refractivity contribution in [3.05, 3.63) is 11.6 Å². The molecule has 0 unspecified atom stereocenters. The summed E-state index contributed by atoms with van der Waals surface area (Å²) in [4.78, 5) is 39.1. The lowest BCUT2D eigenvalue weighted by molar-refractivity contribution is -0.220. The Kier molecular flexibility index (Phi) is 5.78. The standard InChI is InChI=1S/C32H48O5/c1-19(33)37-24-10-11-29(5)23(32(24,8)26(35)36)9-12-31(7)25(29)22(34)17-20-21-18-27(2,3)13-14-28(21,4)15-16-30(20,31)6/h17,21,23-25H,9-16,18H2,1-8H3,(H,35,36)/t21-,23-,24-,25-,28-,29+,30-,31-,32-/m1/s1. The number of hydrogen-bond acceptors (Lipinski definition) is 4. The molecule has 5 heteroatoms. The highest BCUT2D eigenvalue weighted by atomic mass is 16.5. The highest BCUT2D eigenvalue weighted by molar-refractivity contribution is 5.96. The normalized spacial score (nSPS) is 50.5. The van der Waals surface area contributed by atoms with Gasteiger partial charge in [0, 0.05) is 12.8 Å². The number of fused-ring (bicyclic) bond motifs is 7. The van der Waals surface area contributed by atoms with Gasteiger partial charge in [0.15, 0.2) is 5.78 Å². The van der Waals surface area contributed by atoms with Crippen molar-refractivity contribution in [3.8, 4) is 0 Å². The summed E-state index contributed by atoms with van der Waals surface area (Å²) in [6, 6.07) is 0. The number of carboxylic acid groups (broad SMARTS) is 1. The quantitative estimate of drug-likeness (QED) is 0.404. The molecule has 4 saturated carbocycles. The number of ether oxygens (including phenoxy) is 1. The molecule has 0 aromatic heterocycles. The van der Waals surface area contributed by atoms with Crippen LogP contribution in [0.25, 0.3) is 0 Å². The lowest BCUT2D eigenvalue weighted by Crippen LogP contribution is -2.68. The Balaban J connectivity index is 1.61. The molecule has 4 fully saturated rings. The van der Waals surface area contributed by atoms with E-state index >= 15 is 0 Å². The van der Waals surface area contributed by atoms with Crippen molar-refractivity contribution in [1.82, 2.24) is 0 Å². The van der Waals surface area contributed by atoms with Gasteiger partial charge in [0.05, 0.1) is 0 Å². The van der Waals surface area contributed by atoms with Crippen molar-refractivity contribution in [2.24, 2.45) is 50.2 Å². The second-order valence-electron chi connectivity index (χ2n) is 15.6. The number of rotatable bonds is 2. The summed E-state index contributed by atoms with van der Waals surface area (Å²) in [7, 11) is 0. The van der Waals surface area contributed by atoms with E-state index in [1.807, 2.05) is 0 Å². The van der Waals surface area contributed by atoms with Crippen LogP contribution in [-0.2, 0) is 19.1 Å². The molecule has 5 aliphatic carbocycles. The lowest BCUT2D eigenvalue weighted by Gasteiger charge is -2.70. The zero-order valence-electron chi connectivity index (χ0n) is 24.3. The van der Waals surface area contributed by atoms with Crippen LogP contribution in [0.4, 0.5) is 0 Å². The van der Waals surface area contributed by atoms with E-state index in [4.69, 9.17) is 4.74 Å². The Bertz CT molecular complexity index is 1070. The molecular weight excluding hydrogens is 464 g/mol. The van der Waals surface area contributed by atoms with Crippen molar-refractivity contribution in [2.45, 2.75) is 119 Å². The first-order chi connectivity index (χ1) is 16.9. The van der Waals surface area contributed by atoms with E-state index in [-0.39, 0.29) is 39.3 Å². The molecule has 0 aromatic rings. The van der Waals surface area contributed by atoms with Crippen molar-refractivity contribution in [3.63, 3.8) is 0 Å². The maximum atomic E-state index is 14.4.